The molecule has 0 bridgehead atoms. The van der Waals surface area contributed by atoms with Crippen molar-refractivity contribution in [2.45, 2.75) is 54.3 Å². The summed E-state index contributed by atoms with van der Waals surface area (Å²) in [6.45, 7) is 11.0. The van der Waals surface area contributed by atoms with Gasteiger partial charge in [-0.05, 0) is 58.3 Å². The first-order chi connectivity index (χ1) is 17.1. The maximum Gasteiger partial charge on any atom is 0.144 e. The molecule has 0 aliphatic carbocycles. The van der Waals surface area contributed by atoms with E-state index in [4.69, 9.17) is 14.9 Å². The third-order valence-electron chi connectivity index (χ3n) is 5.59. The molecule has 0 N–H and O–H groups in total. The summed E-state index contributed by atoms with van der Waals surface area (Å²) in [7, 11) is 0. The van der Waals surface area contributed by atoms with Crippen LogP contribution in [0.3, 0.4) is 0 Å². The van der Waals surface area contributed by atoms with E-state index in [-0.39, 0.29) is 5.56 Å². The summed E-state index contributed by atoms with van der Waals surface area (Å²) in [5, 5.41) is 4.12. The highest BCUT2D eigenvalue weighted by Gasteiger charge is 2.21. The average molecular weight is 440 g/mol. The zero-order chi connectivity index (χ0) is 27.0. The van der Waals surface area contributed by atoms with Gasteiger partial charge in [0.05, 0.1) is 5.69 Å². The summed E-state index contributed by atoms with van der Waals surface area (Å²) in [6, 6.07) is 19.9. The van der Waals surface area contributed by atoms with Crippen LogP contribution in [0.4, 0.5) is 0 Å². The van der Waals surface area contributed by atoms with Crippen LogP contribution in [0, 0.1) is 10.8 Å². The highest BCUT2D eigenvalue weighted by Crippen LogP contribution is 2.39. The van der Waals surface area contributed by atoms with E-state index in [0.717, 1.165) is 32.7 Å². The normalized spacial score (nSPS) is 15.5. The van der Waals surface area contributed by atoms with Crippen molar-refractivity contribution in [3.63, 3.8) is 0 Å². The summed E-state index contributed by atoms with van der Waals surface area (Å²) in [6.07, 6.45) is -2.08. The molecule has 33 heavy (non-hydrogen) atoms. The molecule has 0 aliphatic rings. The largest absolute Gasteiger partial charge is 0.455 e. The zero-order valence-corrected chi connectivity index (χ0v) is 20.2. The second-order valence-corrected chi connectivity index (χ2v) is 10.8. The third-order valence-corrected chi connectivity index (χ3v) is 5.59. The summed E-state index contributed by atoms with van der Waals surface area (Å²) < 4.78 is 42.6. The van der Waals surface area contributed by atoms with Gasteiger partial charge in [0.25, 0.3) is 0 Å². The van der Waals surface area contributed by atoms with Crippen LogP contribution in [0.25, 0.3) is 44.0 Å². The molecule has 0 aliphatic heterocycles. The van der Waals surface area contributed by atoms with Crippen LogP contribution >= 0.6 is 0 Å². The van der Waals surface area contributed by atoms with Crippen LogP contribution in [-0.2, 0) is 12.7 Å². The highest BCUT2D eigenvalue weighted by molar-refractivity contribution is 6.17. The Morgan fingerprint density at radius 3 is 2.15 bits per heavy atom. The number of hydrogen-bond acceptors (Lipinski definition) is 2. The molecule has 0 fully saturated rings. The standard InChI is InChI=1S/C31H33NO/c1-30(2,3)17-21-16-27(32-19-22(21)18-31(4,5)6)26-13-9-12-24-25-15-14-20-10-7-8-11-23(20)28(25)33-29(24)26/h7-16,19H,17-18H2,1-6H3/i17D2,18D2. The van der Waals surface area contributed by atoms with Gasteiger partial charge < -0.3 is 4.42 Å². The van der Waals surface area contributed by atoms with Crippen molar-refractivity contribution in [2.75, 3.05) is 0 Å². The zero-order valence-electron chi connectivity index (χ0n) is 24.2. The van der Waals surface area contributed by atoms with Crippen molar-refractivity contribution >= 4 is 32.7 Å². The van der Waals surface area contributed by atoms with E-state index < -0.39 is 23.6 Å². The number of furan rings is 1. The Morgan fingerprint density at radius 2 is 1.39 bits per heavy atom. The maximum absolute atomic E-state index is 9.09. The molecule has 2 aromatic heterocycles. The van der Waals surface area contributed by atoms with Gasteiger partial charge in [-0.2, -0.15) is 0 Å². The molecule has 0 atom stereocenters. The van der Waals surface area contributed by atoms with E-state index in [2.05, 4.69) is 24.3 Å². The van der Waals surface area contributed by atoms with Crippen molar-refractivity contribution in [1.82, 2.24) is 4.98 Å². The van der Waals surface area contributed by atoms with Crippen LogP contribution in [-0.4, -0.2) is 4.98 Å². The lowest BCUT2D eigenvalue weighted by atomic mass is 9.81. The smallest absolute Gasteiger partial charge is 0.144 e. The molecule has 0 unspecified atom stereocenters. The third kappa shape index (κ3) is 4.27. The Bertz CT molecular complexity index is 1650. The monoisotopic (exact) mass is 439 g/mol. The minimum absolute atomic E-state index is 0.284. The number of hydrogen-bond donors (Lipinski definition) is 0. The first kappa shape index (κ1) is 17.4. The summed E-state index contributed by atoms with van der Waals surface area (Å²) >= 11 is 0. The molecule has 5 aromatic rings. The molecular formula is C31H33NO. The fourth-order valence-electron chi connectivity index (χ4n) is 4.34. The van der Waals surface area contributed by atoms with Gasteiger partial charge in [-0.1, -0.05) is 84.0 Å². The Kier molecular flexibility index (Phi) is 4.06. The second-order valence-electron chi connectivity index (χ2n) is 10.8. The van der Waals surface area contributed by atoms with Crippen molar-refractivity contribution in [1.29, 1.82) is 0 Å². The lowest BCUT2D eigenvalue weighted by Crippen LogP contribution is -2.15. The van der Waals surface area contributed by atoms with Gasteiger partial charge in [-0.25, -0.2) is 0 Å². The molecule has 0 saturated heterocycles. The van der Waals surface area contributed by atoms with E-state index in [9.17, 15) is 0 Å². The lowest BCUT2D eigenvalue weighted by molar-refractivity contribution is 0.392. The fourth-order valence-corrected chi connectivity index (χ4v) is 4.34. The Morgan fingerprint density at radius 1 is 0.727 bits per heavy atom. The quantitative estimate of drug-likeness (QED) is 0.280. The van der Waals surface area contributed by atoms with E-state index in [0.29, 0.717) is 16.8 Å². The Hall–Kier alpha value is -3.13. The molecular weight excluding hydrogens is 402 g/mol. The summed E-state index contributed by atoms with van der Waals surface area (Å²) in [4.78, 5) is 4.70. The molecule has 168 valence electrons. The number of fused-ring (bicyclic) bond motifs is 5. The predicted molar refractivity (Wildman–Crippen MR) is 141 cm³/mol. The molecule has 2 nitrogen and oxygen atoms in total. The number of aromatic nitrogens is 1. The van der Waals surface area contributed by atoms with Gasteiger partial charge in [0.15, 0.2) is 0 Å². The van der Waals surface area contributed by atoms with Crippen molar-refractivity contribution in [3.05, 3.63) is 78.0 Å². The molecule has 5 rings (SSSR count). The van der Waals surface area contributed by atoms with Crippen LogP contribution < -0.4 is 0 Å². The van der Waals surface area contributed by atoms with Crippen LogP contribution in [0.2, 0.25) is 0 Å². The molecule has 3 aromatic carbocycles. The van der Waals surface area contributed by atoms with Crippen LogP contribution in [0.1, 0.15) is 58.2 Å². The van der Waals surface area contributed by atoms with Crippen molar-refractivity contribution < 1.29 is 9.90 Å². The Balaban J connectivity index is 1.81. The number of nitrogens with zero attached hydrogens (tertiary/aromatic N) is 1. The summed E-state index contributed by atoms with van der Waals surface area (Å²) in [5.74, 6) is 0. The van der Waals surface area contributed by atoms with Gasteiger partial charge >= 0.3 is 0 Å². The van der Waals surface area contributed by atoms with E-state index in [1.165, 1.54) is 6.20 Å². The van der Waals surface area contributed by atoms with Gasteiger partial charge in [0.2, 0.25) is 0 Å². The topological polar surface area (TPSA) is 26.0 Å². The minimum Gasteiger partial charge on any atom is -0.455 e. The van der Waals surface area contributed by atoms with E-state index in [1.54, 1.807) is 6.07 Å². The fraction of sp³-hybridized carbons (Fsp3) is 0.323. The minimum atomic E-state index is -1.81. The second kappa shape index (κ2) is 7.73. The van der Waals surface area contributed by atoms with Gasteiger partial charge in [0.1, 0.15) is 11.2 Å². The highest BCUT2D eigenvalue weighted by atomic mass is 16.3. The predicted octanol–water partition coefficient (Wildman–Crippen LogP) is 8.98. The van der Waals surface area contributed by atoms with E-state index in [1.807, 2.05) is 71.9 Å². The first-order valence-corrected chi connectivity index (χ1v) is 11.5. The van der Waals surface area contributed by atoms with Crippen LogP contribution in [0.15, 0.2) is 71.3 Å². The lowest BCUT2D eigenvalue weighted by Gasteiger charge is -2.24. The first-order valence-electron chi connectivity index (χ1n) is 13.5. The average Bonchev–Trinajstić information content (AvgIpc) is 3.21. The van der Waals surface area contributed by atoms with Crippen molar-refractivity contribution in [2.24, 2.45) is 10.8 Å². The van der Waals surface area contributed by atoms with Crippen LogP contribution in [0.5, 0.6) is 0 Å². The number of pyridine rings is 1. The van der Waals surface area contributed by atoms with E-state index >= 15 is 0 Å². The van der Waals surface area contributed by atoms with Gasteiger partial charge in [-0.3, -0.25) is 4.98 Å². The maximum atomic E-state index is 9.09. The summed E-state index contributed by atoms with van der Waals surface area (Å²) in [5.41, 5.74) is 1.91. The number of rotatable bonds is 3. The molecule has 0 radical (unpaired) electrons. The number of benzene rings is 3. The van der Waals surface area contributed by atoms with Gasteiger partial charge in [-0.15, -0.1) is 0 Å². The molecule has 2 heteroatoms. The number of para-hydroxylation sites is 1. The molecule has 0 saturated carbocycles. The molecule has 2 heterocycles. The van der Waals surface area contributed by atoms with Gasteiger partial charge in [0, 0.05) is 33.4 Å². The Labute approximate surface area is 202 Å². The SMILES string of the molecule is [2H]C([2H])(c1cnc(-c2cccc3c2oc2c4ccccc4ccc32)cc1C([2H])([2H])C(C)(C)C)C(C)(C)C. The molecule has 0 amide bonds. The molecule has 0 spiro atoms. The van der Waals surface area contributed by atoms with Crippen molar-refractivity contribution in [3.8, 4) is 11.3 Å².